The lowest BCUT2D eigenvalue weighted by Crippen LogP contribution is -2.43. The topological polar surface area (TPSA) is 87.7 Å². The van der Waals surface area contributed by atoms with Gasteiger partial charge in [-0.3, -0.25) is 4.79 Å². The summed E-state index contributed by atoms with van der Waals surface area (Å²) in [5.41, 5.74) is 7.03. The maximum atomic E-state index is 11.8. The summed E-state index contributed by atoms with van der Waals surface area (Å²) in [6, 6.07) is 7.46. The number of hydrogen-bond donors (Lipinski definition) is 3. The number of benzene rings is 1. The maximum Gasteiger partial charge on any atom is 0.224 e. The van der Waals surface area contributed by atoms with Gasteiger partial charge in [0.05, 0.1) is 6.42 Å². The SMILES string of the molecule is CC1CC(NC(=O)Cc2ccc(/C(N)=N/O)cc2)C1. The summed E-state index contributed by atoms with van der Waals surface area (Å²) in [7, 11) is 0. The van der Waals surface area contributed by atoms with Crippen molar-refractivity contribution in [1.29, 1.82) is 0 Å². The third-order valence-corrected chi connectivity index (χ3v) is 3.46. The van der Waals surface area contributed by atoms with E-state index in [1.807, 2.05) is 12.1 Å². The molecule has 2 rings (SSSR count). The van der Waals surface area contributed by atoms with Gasteiger partial charge in [0.2, 0.25) is 5.91 Å². The van der Waals surface area contributed by atoms with E-state index in [1.165, 1.54) is 0 Å². The van der Waals surface area contributed by atoms with Crippen LogP contribution in [0, 0.1) is 5.92 Å². The average molecular weight is 261 g/mol. The zero-order valence-electron chi connectivity index (χ0n) is 11.0. The fourth-order valence-corrected chi connectivity index (χ4v) is 2.34. The first-order valence-corrected chi connectivity index (χ1v) is 6.44. The molecule has 5 nitrogen and oxygen atoms in total. The molecule has 5 heteroatoms. The second kappa shape index (κ2) is 5.73. The molecule has 0 bridgehead atoms. The number of amides is 1. The number of nitrogens with zero attached hydrogens (tertiary/aromatic N) is 1. The first kappa shape index (κ1) is 13.4. The molecule has 0 aliphatic heterocycles. The predicted octanol–water partition coefficient (Wildman–Crippen LogP) is 1.24. The Bertz CT molecular complexity index is 476. The molecule has 0 radical (unpaired) electrons. The summed E-state index contributed by atoms with van der Waals surface area (Å²) in [6.45, 7) is 2.19. The van der Waals surface area contributed by atoms with E-state index in [-0.39, 0.29) is 11.7 Å². The molecular weight excluding hydrogens is 242 g/mol. The van der Waals surface area contributed by atoms with Crippen molar-refractivity contribution in [1.82, 2.24) is 5.32 Å². The van der Waals surface area contributed by atoms with Gasteiger partial charge in [0.25, 0.3) is 0 Å². The third-order valence-electron chi connectivity index (χ3n) is 3.46. The minimum atomic E-state index is 0.0495. The first-order valence-electron chi connectivity index (χ1n) is 6.44. The van der Waals surface area contributed by atoms with Crippen molar-refractivity contribution >= 4 is 11.7 Å². The largest absolute Gasteiger partial charge is 0.409 e. The van der Waals surface area contributed by atoms with E-state index in [0.29, 0.717) is 18.0 Å². The van der Waals surface area contributed by atoms with E-state index < -0.39 is 0 Å². The Morgan fingerprint density at radius 3 is 2.58 bits per heavy atom. The van der Waals surface area contributed by atoms with Gasteiger partial charge in [0, 0.05) is 11.6 Å². The monoisotopic (exact) mass is 261 g/mol. The first-order chi connectivity index (χ1) is 9.08. The lowest BCUT2D eigenvalue weighted by molar-refractivity contribution is -0.121. The van der Waals surface area contributed by atoms with Gasteiger partial charge in [-0.1, -0.05) is 36.3 Å². The van der Waals surface area contributed by atoms with Crippen molar-refractivity contribution < 1.29 is 10.0 Å². The van der Waals surface area contributed by atoms with Crippen LogP contribution in [-0.2, 0) is 11.2 Å². The third kappa shape index (κ3) is 3.47. The van der Waals surface area contributed by atoms with Gasteiger partial charge >= 0.3 is 0 Å². The van der Waals surface area contributed by atoms with Crippen LogP contribution >= 0.6 is 0 Å². The zero-order valence-corrected chi connectivity index (χ0v) is 11.0. The predicted molar refractivity (Wildman–Crippen MR) is 73.0 cm³/mol. The molecule has 0 atom stereocenters. The number of hydrogen-bond acceptors (Lipinski definition) is 3. The molecular formula is C14H19N3O2. The minimum absolute atomic E-state index is 0.0495. The zero-order chi connectivity index (χ0) is 13.8. The molecule has 0 spiro atoms. The molecule has 0 unspecified atom stereocenters. The van der Waals surface area contributed by atoms with Crippen molar-refractivity contribution in [2.45, 2.75) is 32.2 Å². The van der Waals surface area contributed by atoms with Gasteiger partial charge in [-0.25, -0.2) is 0 Å². The molecule has 1 aromatic carbocycles. The second-order valence-corrected chi connectivity index (χ2v) is 5.20. The molecule has 0 aromatic heterocycles. The highest BCUT2D eigenvalue weighted by Crippen LogP contribution is 2.26. The fraction of sp³-hybridized carbons (Fsp3) is 0.429. The molecule has 102 valence electrons. The van der Waals surface area contributed by atoms with Crippen LogP contribution in [0.15, 0.2) is 29.4 Å². The summed E-state index contributed by atoms with van der Waals surface area (Å²) in [6.07, 6.45) is 2.52. The van der Waals surface area contributed by atoms with E-state index in [4.69, 9.17) is 10.9 Å². The van der Waals surface area contributed by atoms with Crippen LogP contribution in [0.2, 0.25) is 0 Å². The Labute approximate surface area is 112 Å². The Morgan fingerprint density at radius 1 is 1.42 bits per heavy atom. The van der Waals surface area contributed by atoms with Crippen LogP contribution in [0.1, 0.15) is 30.9 Å². The lowest BCUT2D eigenvalue weighted by atomic mass is 9.82. The molecule has 1 aliphatic rings. The van der Waals surface area contributed by atoms with E-state index in [0.717, 1.165) is 24.3 Å². The molecule has 1 aromatic rings. The highest BCUT2D eigenvalue weighted by Gasteiger charge is 2.26. The number of nitrogens with one attached hydrogen (secondary N) is 1. The van der Waals surface area contributed by atoms with Crippen molar-refractivity contribution in [2.75, 3.05) is 0 Å². The molecule has 0 saturated heterocycles. The summed E-state index contributed by atoms with van der Waals surface area (Å²) in [5, 5.41) is 14.5. The summed E-state index contributed by atoms with van der Waals surface area (Å²) in [5.74, 6) is 0.846. The van der Waals surface area contributed by atoms with Crippen LogP contribution < -0.4 is 11.1 Å². The van der Waals surface area contributed by atoms with Gasteiger partial charge in [0.15, 0.2) is 5.84 Å². The van der Waals surface area contributed by atoms with E-state index in [2.05, 4.69) is 17.4 Å². The molecule has 0 heterocycles. The van der Waals surface area contributed by atoms with Crippen LogP contribution in [0.5, 0.6) is 0 Å². The van der Waals surface area contributed by atoms with Gasteiger partial charge in [-0.2, -0.15) is 0 Å². The second-order valence-electron chi connectivity index (χ2n) is 5.20. The van der Waals surface area contributed by atoms with Gasteiger partial charge in [0.1, 0.15) is 0 Å². The van der Waals surface area contributed by atoms with E-state index in [1.54, 1.807) is 12.1 Å². The molecule has 1 amide bonds. The number of amidine groups is 1. The molecule has 1 fully saturated rings. The van der Waals surface area contributed by atoms with Crippen LogP contribution in [0.4, 0.5) is 0 Å². The van der Waals surface area contributed by atoms with E-state index in [9.17, 15) is 4.79 Å². The Morgan fingerprint density at radius 2 is 2.05 bits per heavy atom. The Kier molecular flexibility index (Phi) is 4.04. The average Bonchev–Trinajstić information content (AvgIpc) is 2.37. The fourth-order valence-electron chi connectivity index (χ4n) is 2.34. The number of rotatable bonds is 4. The minimum Gasteiger partial charge on any atom is -0.409 e. The van der Waals surface area contributed by atoms with Crippen molar-refractivity contribution in [2.24, 2.45) is 16.8 Å². The molecule has 1 saturated carbocycles. The molecule has 4 N–H and O–H groups in total. The van der Waals surface area contributed by atoms with Crippen molar-refractivity contribution in [3.63, 3.8) is 0 Å². The molecule has 19 heavy (non-hydrogen) atoms. The number of nitrogens with two attached hydrogens (primary N) is 1. The van der Waals surface area contributed by atoms with Crippen LogP contribution in [-0.4, -0.2) is 23.0 Å². The number of oxime groups is 1. The quantitative estimate of drug-likeness (QED) is 0.330. The standard InChI is InChI=1S/C14H19N3O2/c1-9-6-12(7-9)16-13(18)8-10-2-4-11(5-3-10)14(15)17-19/h2-5,9,12,19H,6-8H2,1H3,(H2,15,17)(H,16,18). The number of carbonyl (C=O) groups excluding carboxylic acids is 1. The summed E-state index contributed by atoms with van der Waals surface area (Å²) in [4.78, 5) is 11.8. The van der Waals surface area contributed by atoms with Crippen molar-refractivity contribution in [3.05, 3.63) is 35.4 Å². The Balaban J connectivity index is 1.87. The lowest BCUT2D eigenvalue weighted by Gasteiger charge is -2.33. The Hall–Kier alpha value is -2.04. The smallest absolute Gasteiger partial charge is 0.224 e. The number of carbonyl (C=O) groups is 1. The molecule has 1 aliphatic carbocycles. The van der Waals surface area contributed by atoms with E-state index >= 15 is 0 Å². The summed E-state index contributed by atoms with van der Waals surface area (Å²) < 4.78 is 0. The van der Waals surface area contributed by atoms with Crippen LogP contribution in [0.3, 0.4) is 0 Å². The van der Waals surface area contributed by atoms with Gasteiger partial charge in [-0.15, -0.1) is 0 Å². The normalized spacial score (nSPS) is 22.7. The summed E-state index contributed by atoms with van der Waals surface area (Å²) >= 11 is 0. The highest BCUT2D eigenvalue weighted by atomic mass is 16.4. The maximum absolute atomic E-state index is 11.8. The highest BCUT2D eigenvalue weighted by molar-refractivity contribution is 5.97. The van der Waals surface area contributed by atoms with Gasteiger partial charge < -0.3 is 16.3 Å². The van der Waals surface area contributed by atoms with Crippen LogP contribution in [0.25, 0.3) is 0 Å². The van der Waals surface area contributed by atoms with Crippen molar-refractivity contribution in [3.8, 4) is 0 Å². The van der Waals surface area contributed by atoms with Gasteiger partial charge in [-0.05, 0) is 24.3 Å².